The lowest BCUT2D eigenvalue weighted by Gasteiger charge is -2.36. The summed E-state index contributed by atoms with van der Waals surface area (Å²) in [5, 5.41) is 1.18. The molecule has 1 aliphatic rings. The molecule has 1 saturated heterocycles. The number of hydrogen-bond acceptors (Lipinski definition) is 2. The predicted molar refractivity (Wildman–Crippen MR) is 110 cm³/mol. The van der Waals surface area contributed by atoms with E-state index in [0.717, 1.165) is 42.7 Å². The molecular formula is C24H26N2O. The van der Waals surface area contributed by atoms with Gasteiger partial charge in [0.1, 0.15) is 0 Å². The first kappa shape index (κ1) is 17.7. The largest absolute Gasteiger partial charge is 0.342 e. The third-order valence-corrected chi connectivity index (χ3v) is 5.80. The second-order valence-electron chi connectivity index (χ2n) is 7.62. The quantitative estimate of drug-likeness (QED) is 0.670. The number of para-hydroxylation sites is 1. The van der Waals surface area contributed by atoms with Crippen LogP contribution < -0.4 is 0 Å². The van der Waals surface area contributed by atoms with Gasteiger partial charge in [0.05, 0.1) is 11.9 Å². The maximum absolute atomic E-state index is 12.8. The summed E-state index contributed by atoms with van der Waals surface area (Å²) in [7, 11) is 0. The van der Waals surface area contributed by atoms with Gasteiger partial charge < -0.3 is 4.90 Å². The van der Waals surface area contributed by atoms with Crippen LogP contribution in [0.25, 0.3) is 10.9 Å². The molecule has 27 heavy (non-hydrogen) atoms. The van der Waals surface area contributed by atoms with Crippen LogP contribution in [0.3, 0.4) is 0 Å². The maximum Gasteiger partial charge on any atom is 0.226 e. The Labute approximate surface area is 161 Å². The molecule has 0 saturated carbocycles. The Kier molecular flexibility index (Phi) is 5.19. The van der Waals surface area contributed by atoms with Gasteiger partial charge in [0.25, 0.3) is 0 Å². The minimum atomic E-state index is 0.240. The lowest BCUT2D eigenvalue weighted by molar-refractivity contribution is -0.132. The number of hydrogen-bond donors (Lipinski definition) is 0. The number of benzene rings is 2. The van der Waals surface area contributed by atoms with Crippen LogP contribution in [0, 0.1) is 5.92 Å². The van der Waals surface area contributed by atoms with Crippen molar-refractivity contribution in [1.82, 2.24) is 9.88 Å². The van der Waals surface area contributed by atoms with Crippen molar-refractivity contribution in [3.8, 4) is 0 Å². The summed E-state index contributed by atoms with van der Waals surface area (Å²) >= 11 is 0. The number of nitrogens with zero attached hydrogens (tertiary/aromatic N) is 2. The van der Waals surface area contributed by atoms with Crippen LogP contribution >= 0.6 is 0 Å². The van der Waals surface area contributed by atoms with Gasteiger partial charge in [0.15, 0.2) is 0 Å². The molecule has 1 aromatic heterocycles. The molecule has 1 amide bonds. The van der Waals surface area contributed by atoms with Crippen molar-refractivity contribution in [3.05, 3.63) is 78.0 Å². The lowest BCUT2D eigenvalue weighted by Crippen LogP contribution is -2.42. The summed E-state index contributed by atoms with van der Waals surface area (Å²) in [6.07, 6.45) is 2.73. The highest BCUT2D eigenvalue weighted by Gasteiger charge is 2.28. The zero-order valence-electron chi connectivity index (χ0n) is 15.8. The minimum Gasteiger partial charge on any atom is -0.342 e. The molecule has 1 aliphatic heterocycles. The summed E-state index contributed by atoms with van der Waals surface area (Å²) in [5.41, 5.74) is 3.28. The molecule has 3 nitrogen and oxygen atoms in total. The van der Waals surface area contributed by atoms with Crippen molar-refractivity contribution in [2.24, 2.45) is 5.92 Å². The van der Waals surface area contributed by atoms with Gasteiger partial charge in [-0.2, -0.15) is 0 Å². The molecule has 0 radical (unpaired) electrons. The highest BCUT2D eigenvalue weighted by molar-refractivity contribution is 5.79. The number of fused-ring (bicyclic) bond motifs is 1. The van der Waals surface area contributed by atoms with Crippen LogP contribution in [0.5, 0.6) is 0 Å². The summed E-state index contributed by atoms with van der Waals surface area (Å²) in [5.74, 6) is 1.05. The zero-order valence-corrected chi connectivity index (χ0v) is 15.8. The maximum atomic E-state index is 12.8. The summed E-state index contributed by atoms with van der Waals surface area (Å²) in [4.78, 5) is 19.7. The molecule has 2 aromatic carbocycles. The summed E-state index contributed by atoms with van der Waals surface area (Å²) < 4.78 is 0. The van der Waals surface area contributed by atoms with Crippen LogP contribution in [0.1, 0.15) is 36.9 Å². The van der Waals surface area contributed by atoms with Gasteiger partial charge in [0.2, 0.25) is 5.91 Å². The topological polar surface area (TPSA) is 33.2 Å². The molecule has 0 bridgehead atoms. The number of piperidine rings is 1. The first-order chi connectivity index (χ1) is 13.2. The molecule has 0 spiro atoms. The van der Waals surface area contributed by atoms with Crippen molar-refractivity contribution in [1.29, 1.82) is 0 Å². The Hall–Kier alpha value is -2.68. The fraction of sp³-hybridized carbons (Fsp3) is 0.333. The monoisotopic (exact) mass is 358 g/mol. The van der Waals surface area contributed by atoms with Gasteiger partial charge in [-0.05, 0) is 36.5 Å². The number of carbonyl (C=O) groups excluding carboxylic acids is 1. The standard InChI is InChI=1S/C24H26N2O/c1-18(22-14-13-20-10-5-6-12-23(20)25-22)21-11-7-15-26(17-21)24(27)16-19-8-3-2-4-9-19/h2-6,8-10,12-14,18,21H,7,11,15-17H2,1H3. The van der Waals surface area contributed by atoms with Crippen LogP contribution in [-0.4, -0.2) is 28.9 Å². The Balaban J connectivity index is 1.45. The van der Waals surface area contributed by atoms with Gasteiger partial charge in [-0.3, -0.25) is 9.78 Å². The Morgan fingerprint density at radius 2 is 1.85 bits per heavy atom. The van der Waals surface area contributed by atoms with Crippen LogP contribution in [-0.2, 0) is 11.2 Å². The van der Waals surface area contributed by atoms with Gasteiger partial charge in [-0.25, -0.2) is 0 Å². The molecule has 4 rings (SSSR count). The highest BCUT2D eigenvalue weighted by Crippen LogP contribution is 2.31. The molecule has 2 atom stereocenters. The minimum absolute atomic E-state index is 0.240. The van der Waals surface area contributed by atoms with E-state index in [1.54, 1.807) is 0 Å². The van der Waals surface area contributed by atoms with E-state index in [1.807, 2.05) is 42.5 Å². The number of rotatable bonds is 4. The van der Waals surface area contributed by atoms with Crippen molar-refractivity contribution >= 4 is 16.8 Å². The van der Waals surface area contributed by atoms with Gasteiger partial charge >= 0.3 is 0 Å². The number of aromatic nitrogens is 1. The summed E-state index contributed by atoms with van der Waals surface area (Å²) in [6.45, 7) is 3.97. The number of amides is 1. The van der Waals surface area contributed by atoms with E-state index in [0.29, 0.717) is 18.3 Å². The molecule has 0 aliphatic carbocycles. The van der Waals surface area contributed by atoms with E-state index in [-0.39, 0.29) is 5.91 Å². The summed E-state index contributed by atoms with van der Waals surface area (Å²) in [6, 6.07) is 22.6. The lowest BCUT2D eigenvalue weighted by atomic mass is 9.84. The van der Waals surface area contributed by atoms with Crippen LogP contribution in [0.15, 0.2) is 66.7 Å². The average Bonchev–Trinajstić information content (AvgIpc) is 2.73. The van der Waals surface area contributed by atoms with Gasteiger partial charge in [-0.15, -0.1) is 0 Å². The Morgan fingerprint density at radius 3 is 2.70 bits per heavy atom. The molecule has 3 heteroatoms. The van der Waals surface area contributed by atoms with Crippen molar-refractivity contribution in [2.75, 3.05) is 13.1 Å². The second kappa shape index (κ2) is 7.91. The number of likely N-dealkylation sites (tertiary alicyclic amines) is 1. The number of carbonyl (C=O) groups is 1. The fourth-order valence-electron chi connectivity index (χ4n) is 4.10. The van der Waals surface area contributed by atoms with E-state index < -0.39 is 0 Å². The van der Waals surface area contributed by atoms with Crippen molar-refractivity contribution < 1.29 is 4.79 Å². The zero-order chi connectivity index (χ0) is 18.6. The van der Waals surface area contributed by atoms with E-state index in [4.69, 9.17) is 4.98 Å². The fourth-order valence-corrected chi connectivity index (χ4v) is 4.10. The van der Waals surface area contributed by atoms with E-state index in [1.165, 1.54) is 5.39 Å². The van der Waals surface area contributed by atoms with Gasteiger partial charge in [-0.1, -0.05) is 61.5 Å². The van der Waals surface area contributed by atoms with E-state index in [2.05, 4.69) is 36.1 Å². The smallest absolute Gasteiger partial charge is 0.226 e. The molecular weight excluding hydrogens is 332 g/mol. The van der Waals surface area contributed by atoms with E-state index in [9.17, 15) is 4.79 Å². The van der Waals surface area contributed by atoms with E-state index >= 15 is 0 Å². The first-order valence-corrected chi connectivity index (χ1v) is 9.88. The molecule has 2 heterocycles. The third-order valence-electron chi connectivity index (χ3n) is 5.80. The second-order valence-corrected chi connectivity index (χ2v) is 7.62. The molecule has 138 valence electrons. The van der Waals surface area contributed by atoms with Crippen LogP contribution in [0.2, 0.25) is 0 Å². The predicted octanol–water partition coefficient (Wildman–Crippen LogP) is 4.82. The van der Waals surface area contributed by atoms with Crippen molar-refractivity contribution in [3.63, 3.8) is 0 Å². The number of pyridine rings is 1. The Morgan fingerprint density at radius 1 is 1.07 bits per heavy atom. The Bertz CT molecular complexity index is 922. The van der Waals surface area contributed by atoms with Crippen LogP contribution in [0.4, 0.5) is 0 Å². The molecule has 3 aromatic rings. The highest BCUT2D eigenvalue weighted by atomic mass is 16.2. The van der Waals surface area contributed by atoms with Gasteiger partial charge in [0, 0.05) is 30.1 Å². The van der Waals surface area contributed by atoms with Crippen molar-refractivity contribution in [2.45, 2.75) is 32.1 Å². The SMILES string of the molecule is CC(c1ccc2ccccc2n1)C1CCCN(C(=O)Cc2ccccc2)C1. The molecule has 1 fully saturated rings. The average molecular weight is 358 g/mol. The normalized spacial score (nSPS) is 18.4. The molecule has 0 N–H and O–H groups in total. The third kappa shape index (κ3) is 4.02. The molecule has 2 unspecified atom stereocenters. The first-order valence-electron chi connectivity index (χ1n) is 9.88.